The van der Waals surface area contributed by atoms with E-state index in [1.54, 1.807) is 18.2 Å². The molecule has 30 heavy (non-hydrogen) atoms. The van der Waals surface area contributed by atoms with Crippen molar-refractivity contribution in [2.45, 2.75) is 19.2 Å². The van der Waals surface area contributed by atoms with Gasteiger partial charge in [-0.25, -0.2) is 9.97 Å². The number of nitrogens with zero attached hydrogens (tertiary/aromatic N) is 3. The first-order valence-electron chi connectivity index (χ1n) is 9.25. The normalized spacial score (nSPS) is 14.0. The lowest BCUT2D eigenvalue weighted by molar-refractivity contribution is -0.138. The van der Waals surface area contributed by atoms with Crippen LogP contribution in [0.5, 0.6) is 5.88 Å². The number of guanidine groups is 1. The number of halogens is 3. The van der Waals surface area contributed by atoms with Crippen LogP contribution in [0.15, 0.2) is 53.0 Å². The Balaban J connectivity index is 1.52. The molecule has 2 N–H and O–H groups in total. The Morgan fingerprint density at radius 2 is 2.03 bits per heavy atom. The zero-order valence-corrected chi connectivity index (χ0v) is 16.6. The zero-order valence-electron chi connectivity index (χ0n) is 15.7. The Bertz CT molecular complexity index is 1050. The van der Waals surface area contributed by atoms with Crippen LogP contribution < -0.4 is 15.4 Å². The molecule has 0 fully saturated rings. The van der Waals surface area contributed by atoms with E-state index in [0.717, 1.165) is 25.6 Å². The highest BCUT2D eigenvalue weighted by Gasteiger charge is 2.33. The molecule has 0 saturated carbocycles. The van der Waals surface area contributed by atoms with Crippen molar-refractivity contribution in [3.8, 4) is 17.1 Å². The van der Waals surface area contributed by atoms with Gasteiger partial charge in [-0.05, 0) is 24.6 Å². The SMILES string of the molecule is FC(F)(F)c1ccccc1COc1ncccc1-c1csc(NC2=NCCCN2)n1. The molecular weight excluding hydrogens is 415 g/mol. The van der Waals surface area contributed by atoms with Crippen molar-refractivity contribution in [1.29, 1.82) is 0 Å². The van der Waals surface area contributed by atoms with Crippen molar-refractivity contribution in [2.75, 3.05) is 18.4 Å². The number of ether oxygens (including phenoxy) is 1. The lowest BCUT2D eigenvalue weighted by Crippen LogP contribution is -2.35. The van der Waals surface area contributed by atoms with Crippen LogP contribution in [-0.2, 0) is 12.8 Å². The quantitative estimate of drug-likeness (QED) is 0.617. The maximum atomic E-state index is 13.2. The number of nitrogens with one attached hydrogen (secondary N) is 2. The van der Waals surface area contributed by atoms with E-state index in [0.29, 0.717) is 22.3 Å². The second-order valence-corrected chi connectivity index (χ2v) is 7.33. The monoisotopic (exact) mass is 433 g/mol. The minimum atomic E-state index is -4.45. The van der Waals surface area contributed by atoms with Crippen molar-refractivity contribution in [3.05, 3.63) is 59.1 Å². The third-order valence-electron chi connectivity index (χ3n) is 4.36. The summed E-state index contributed by atoms with van der Waals surface area (Å²) in [5.74, 6) is 0.896. The molecule has 10 heteroatoms. The molecular formula is C20H18F3N5OS. The fourth-order valence-corrected chi connectivity index (χ4v) is 3.65. The lowest BCUT2D eigenvalue weighted by Gasteiger charge is -2.14. The predicted molar refractivity (Wildman–Crippen MR) is 110 cm³/mol. The molecule has 3 aromatic rings. The minimum absolute atomic E-state index is 0.0450. The Morgan fingerprint density at radius 1 is 1.17 bits per heavy atom. The number of pyridine rings is 1. The molecule has 1 aliphatic rings. The fraction of sp³-hybridized carbons (Fsp3) is 0.250. The Kier molecular flexibility index (Phi) is 5.84. The summed E-state index contributed by atoms with van der Waals surface area (Å²) in [6, 6.07) is 8.84. The van der Waals surface area contributed by atoms with Gasteiger partial charge >= 0.3 is 6.18 Å². The maximum absolute atomic E-state index is 13.2. The molecule has 6 nitrogen and oxygen atoms in total. The topological polar surface area (TPSA) is 71.4 Å². The molecule has 1 aromatic carbocycles. The number of hydrogen-bond acceptors (Lipinski definition) is 7. The summed E-state index contributed by atoms with van der Waals surface area (Å²) >= 11 is 1.39. The molecule has 0 aliphatic carbocycles. The number of thiazole rings is 1. The molecule has 0 bridgehead atoms. The van der Waals surface area contributed by atoms with Gasteiger partial charge in [-0.2, -0.15) is 13.2 Å². The summed E-state index contributed by atoms with van der Waals surface area (Å²) in [6.07, 6.45) is -1.93. The van der Waals surface area contributed by atoms with Crippen LogP contribution in [0.1, 0.15) is 17.5 Å². The van der Waals surface area contributed by atoms with Crippen LogP contribution in [0.2, 0.25) is 0 Å². The summed E-state index contributed by atoms with van der Waals surface area (Å²) in [7, 11) is 0. The molecule has 2 aromatic heterocycles. The van der Waals surface area contributed by atoms with Gasteiger partial charge in [0.1, 0.15) is 6.61 Å². The number of rotatable bonds is 5. The molecule has 0 spiro atoms. The van der Waals surface area contributed by atoms with Gasteiger partial charge in [0.15, 0.2) is 11.1 Å². The average molecular weight is 433 g/mol. The van der Waals surface area contributed by atoms with Crippen LogP contribution in [0.25, 0.3) is 11.3 Å². The number of benzene rings is 1. The molecule has 0 unspecified atom stereocenters. The van der Waals surface area contributed by atoms with E-state index in [-0.39, 0.29) is 18.1 Å². The Hall–Kier alpha value is -3.14. The first-order valence-corrected chi connectivity index (χ1v) is 10.1. The van der Waals surface area contributed by atoms with Crippen LogP contribution in [-0.4, -0.2) is 29.0 Å². The van der Waals surface area contributed by atoms with E-state index in [2.05, 4.69) is 25.6 Å². The molecule has 3 heterocycles. The smallest absolute Gasteiger partial charge is 0.416 e. The van der Waals surface area contributed by atoms with Crippen molar-refractivity contribution < 1.29 is 17.9 Å². The lowest BCUT2D eigenvalue weighted by atomic mass is 10.1. The largest absolute Gasteiger partial charge is 0.472 e. The fourth-order valence-electron chi connectivity index (χ4n) is 2.94. The molecule has 0 radical (unpaired) electrons. The van der Waals surface area contributed by atoms with Gasteiger partial charge in [-0.1, -0.05) is 18.2 Å². The van der Waals surface area contributed by atoms with Gasteiger partial charge in [0.05, 0.1) is 16.8 Å². The highest BCUT2D eigenvalue weighted by Crippen LogP contribution is 2.34. The van der Waals surface area contributed by atoms with Gasteiger partial charge in [-0.15, -0.1) is 11.3 Å². The number of aliphatic imine (C=N–C) groups is 1. The zero-order chi connectivity index (χ0) is 21.0. The van der Waals surface area contributed by atoms with Crippen molar-refractivity contribution in [1.82, 2.24) is 15.3 Å². The first kappa shape index (κ1) is 20.1. The number of aromatic nitrogens is 2. The molecule has 1 aliphatic heterocycles. The standard InChI is InChI=1S/C20H18F3N5OS/c21-20(22,23)15-7-2-1-5-13(15)11-29-17-14(6-3-8-24-17)16-12-30-19(27-16)28-18-25-9-4-10-26-18/h1-3,5-8,12H,4,9-11H2,(H2,25,26,27,28). The third kappa shape index (κ3) is 4.70. The number of anilines is 1. The third-order valence-corrected chi connectivity index (χ3v) is 5.12. The summed E-state index contributed by atoms with van der Waals surface area (Å²) in [5.41, 5.74) is 0.544. The highest BCUT2D eigenvalue weighted by atomic mass is 32.1. The number of alkyl halides is 3. The second kappa shape index (κ2) is 8.70. The average Bonchev–Trinajstić information content (AvgIpc) is 3.21. The van der Waals surface area contributed by atoms with Gasteiger partial charge in [0.2, 0.25) is 5.88 Å². The molecule has 156 valence electrons. The van der Waals surface area contributed by atoms with Crippen LogP contribution in [0.3, 0.4) is 0 Å². The summed E-state index contributed by atoms with van der Waals surface area (Å²) < 4.78 is 45.3. The molecule has 0 amide bonds. The second-order valence-electron chi connectivity index (χ2n) is 6.47. The maximum Gasteiger partial charge on any atom is 0.416 e. The summed E-state index contributed by atoms with van der Waals surface area (Å²) in [5, 5.41) is 8.77. The van der Waals surface area contributed by atoms with Crippen molar-refractivity contribution >= 4 is 22.4 Å². The predicted octanol–water partition coefficient (Wildman–Crippen LogP) is 4.56. The van der Waals surface area contributed by atoms with Crippen molar-refractivity contribution in [3.63, 3.8) is 0 Å². The molecule has 0 saturated heterocycles. The molecule has 0 atom stereocenters. The van der Waals surface area contributed by atoms with E-state index < -0.39 is 11.7 Å². The van der Waals surface area contributed by atoms with Crippen molar-refractivity contribution in [2.24, 2.45) is 4.99 Å². The minimum Gasteiger partial charge on any atom is -0.472 e. The highest BCUT2D eigenvalue weighted by molar-refractivity contribution is 7.14. The van der Waals surface area contributed by atoms with Crippen LogP contribution >= 0.6 is 11.3 Å². The van der Waals surface area contributed by atoms with Crippen LogP contribution in [0, 0.1) is 0 Å². The Morgan fingerprint density at radius 3 is 2.83 bits per heavy atom. The van der Waals surface area contributed by atoms with Gasteiger partial charge in [-0.3, -0.25) is 4.99 Å². The summed E-state index contributed by atoms with van der Waals surface area (Å²) in [4.78, 5) is 13.1. The van der Waals surface area contributed by atoms with E-state index >= 15 is 0 Å². The van der Waals surface area contributed by atoms with Gasteiger partial charge in [0, 0.05) is 30.2 Å². The Labute approximate surface area is 174 Å². The van der Waals surface area contributed by atoms with E-state index in [1.165, 1.54) is 29.7 Å². The van der Waals surface area contributed by atoms with Gasteiger partial charge in [0.25, 0.3) is 0 Å². The van der Waals surface area contributed by atoms with Gasteiger partial charge < -0.3 is 15.4 Å². The first-order chi connectivity index (χ1) is 14.5. The van der Waals surface area contributed by atoms with E-state index in [1.807, 2.05) is 5.38 Å². The molecule has 4 rings (SSSR count). The number of hydrogen-bond donors (Lipinski definition) is 2. The summed E-state index contributed by atoms with van der Waals surface area (Å²) in [6.45, 7) is 1.35. The van der Waals surface area contributed by atoms with E-state index in [4.69, 9.17) is 4.74 Å². The van der Waals surface area contributed by atoms with E-state index in [9.17, 15) is 13.2 Å². The van der Waals surface area contributed by atoms with Crippen LogP contribution in [0.4, 0.5) is 18.3 Å².